The highest BCUT2D eigenvalue weighted by Crippen LogP contribution is 2.34. The third-order valence-electron chi connectivity index (χ3n) is 6.35. The lowest BCUT2D eigenvalue weighted by atomic mass is 10.1. The van der Waals surface area contributed by atoms with Crippen LogP contribution >= 0.6 is 11.6 Å². The maximum absolute atomic E-state index is 14.1. The first-order valence-electron chi connectivity index (χ1n) is 13.2. The zero-order chi connectivity index (χ0) is 30.2. The predicted octanol–water partition coefficient (Wildman–Crippen LogP) is 4.88. The van der Waals surface area contributed by atoms with Crippen molar-refractivity contribution in [2.45, 2.75) is 50.7 Å². The van der Waals surface area contributed by atoms with Crippen LogP contribution in [0, 0.1) is 0 Å². The monoisotopic (exact) mass is 601 g/mol. The highest BCUT2D eigenvalue weighted by atomic mass is 35.5. The molecule has 0 aromatic heterocycles. The molecule has 41 heavy (non-hydrogen) atoms. The summed E-state index contributed by atoms with van der Waals surface area (Å²) in [6, 6.07) is 18.4. The number of methoxy groups -OCH3 is 2. The van der Waals surface area contributed by atoms with Gasteiger partial charge in [0.2, 0.25) is 11.8 Å². The van der Waals surface area contributed by atoms with Gasteiger partial charge in [-0.25, -0.2) is 8.42 Å². The number of carbonyl (C=O) groups is 2. The molecule has 0 saturated carbocycles. The van der Waals surface area contributed by atoms with Crippen molar-refractivity contribution < 1.29 is 27.5 Å². The van der Waals surface area contributed by atoms with Gasteiger partial charge in [-0.3, -0.25) is 13.9 Å². The summed E-state index contributed by atoms with van der Waals surface area (Å²) < 4.78 is 39.6. The Morgan fingerprint density at radius 2 is 1.56 bits per heavy atom. The number of benzene rings is 3. The molecule has 0 fully saturated rings. The number of nitrogens with one attached hydrogen (secondary N) is 1. The van der Waals surface area contributed by atoms with E-state index in [0.29, 0.717) is 22.9 Å². The molecule has 0 aliphatic carbocycles. The van der Waals surface area contributed by atoms with Gasteiger partial charge in [0.25, 0.3) is 10.0 Å². The number of sulfonamides is 1. The van der Waals surface area contributed by atoms with Crippen LogP contribution in [0.1, 0.15) is 32.8 Å². The third-order valence-corrected chi connectivity index (χ3v) is 8.39. The second-order valence-corrected chi connectivity index (χ2v) is 11.9. The molecule has 0 radical (unpaired) electrons. The molecule has 0 heterocycles. The Hall–Kier alpha value is -3.76. The predicted molar refractivity (Wildman–Crippen MR) is 160 cm³/mol. The zero-order valence-corrected chi connectivity index (χ0v) is 25.4. The first-order chi connectivity index (χ1) is 19.5. The second-order valence-electron chi connectivity index (χ2n) is 9.60. The lowest BCUT2D eigenvalue weighted by Gasteiger charge is -2.33. The Bertz CT molecular complexity index is 1430. The number of amides is 2. The molecule has 9 nitrogen and oxygen atoms in total. The second kappa shape index (κ2) is 14.2. The summed E-state index contributed by atoms with van der Waals surface area (Å²) in [6.07, 6.45) is 0.319. The van der Waals surface area contributed by atoms with Crippen molar-refractivity contribution in [1.82, 2.24) is 10.2 Å². The molecule has 0 aliphatic heterocycles. The van der Waals surface area contributed by atoms with E-state index in [1.807, 2.05) is 13.8 Å². The van der Waals surface area contributed by atoms with Gasteiger partial charge in [-0.1, -0.05) is 48.9 Å². The SMILES string of the molecule is CCC(C(=O)NC(C)C)N(Cc1ccc(Cl)cc1)C(=O)CN(c1ccc(OC)c(OC)c1)S(=O)(=O)c1ccccc1. The van der Waals surface area contributed by atoms with Gasteiger partial charge in [0.05, 0.1) is 24.8 Å². The Labute approximate surface area is 247 Å². The van der Waals surface area contributed by atoms with Crippen molar-refractivity contribution in [3.63, 3.8) is 0 Å². The van der Waals surface area contributed by atoms with Gasteiger partial charge in [0, 0.05) is 23.7 Å². The van der Waals surface area contributed by atoms with E-state index in [1.165, 1.54) is 37.3 Å². The minimum atomic E-state index is -4.21. The molecule has 3 aromatic carbocycles. The van der Waals surface area contributed by atoms with E-state index in [-0.39, 0.29) is 29.1 Å². The quantitative estimate of drug-likeness (QED) is 0.299. The van der Waals surface area contributed by atoms with E-state index in [1.54, 1.807) is 61.5 Å². The fraction of sp³-hybridized carbons (Fsp3) is 0.333. The minimum absolute atomic E-state index is 0.0106. The third kappa shape index (κ3) is 7.92. The van der Waals surface area contributed by atoms with Crippen LogP contribution in [-0.4, -0.2) is 58.0 Å². The van der Waals surface area contributed by atoms with Gasteiger partial charge >= 0.3 is 0 Å². The first-order valence-corrected chi connectivity index (χ1v) is 15.0. The first kappa shape index (κ1) is 31.8. The van der Waals surface area contributed by atoms with Crippen LogP contribution in [0.25, 0.3) is 0 Å². The van der Waals surface area contributed by atoms with Gasteiger partial charge in [-0.2, -0.15) is 0 Å². The minimum Gasteiger partial charge on any atom is -0.493 e. The molecule has 1 unspecified atom stereocenters. The van der Waals surface area contributed by atoms with Gasteiger partial charge in [0.15, 0.2) is 11.5 Å². The molecule has 2 amide bonds. The maximum Gasteiger partial charge on any atom is 0.264 e. The largest absolute Gasteiger partial charge is 0.493 e. The van der Waals surface area contributed by atoms with Crippen molar-refractivity contribution in [2.75, 3.05) is 25.1 Å². The van der Waals surface area contributed by atoms with E-state index in [9.17, 15) is 18.0 Å². The number of ether oxygens (including phenoxy) is 2. The number of anilines is 1. The Kier molecular flexibility index (Phi) is 11.0. The topological polar surface area (TPSA) is 105 Å². The van der Waals surface area contributed by atoms with Gasteiger partial charge in [-0.05, 0) is 62.2 Å². The molecule has 3 rings (SSSR count). The maximum atomic E-state index is 14.1. The molecule has 11 heteroatoms. The van der Waals surface area contributed by atoms with Crippen LogP contribution in [0.15, 0.2) is 77.7 Å². The fourth-order valence-corrected chi connectivity index (χ4v) is 5.87. The fourth-order valence-electron chi connectivity index (χ4n) is 4.32. The summed E-state index contributed by atoms with van der Waals surface area (Å²) in [5.41, 5.74) is 0.938. The van der Waals surface area contributed by atoms with Crippen molar-refractivity contribution in [3.8, 4) is 11.5 Å². The normalized spacial score (nSPS) is 12.0. The Morgan fingerprint density at radius 1 is 0.927 bits per heavy atom. The molecule has 3 aromatic rings. The van der Waals surface area contributed by atoms with Crippen LogP contribution in [0.5, 0.6) is 11.5 Å². The number of halogens is 1. The lowest BCUT2D eigenvalue weighted by Crippen LogP contribution is -2.53. The summed E-state index contributed by atoms with van der Waals surface area (Å²) in [5.74, 6) is -0.180. The van der Waals surface area contributed by atoms with E-state index >= 15 is 0 Å². The summed E-state index contributed by atoms with van der Waals surface area (Å²) in [7, 11) is -1.29. The molecule has 0 spiro atoms. The van der Waals surface area contributed by atoms with Crippen molar-refractivity contribution in [1.29, 1.82) is 0 Å². The van der Waals surface area contributed by atoms with Gasteiger partial charge < -0.3 is 19.7 Å². The molecule has 220 valence electrons. The van der Waals surface area contributed by atoms with E-state index in [0.717, 1.165) is 9.87 Å². The number of hydrogen-bond acceptors (Lipinski definition) is 6. The smallest absolute Gasteiger partial charge is 0.264 e. The van der Waals surface area contributed by atoms with Crippen LogP contribution in [0.3, 0.4) is 0 Å². The summed E-state index contributed by atoms with van der Waals surface area (Å²) >= 11 is 6.06. The van der Waals surface area contributed by atoms with Gasteiger partial charge in [0.1, 0.15) is 12.6 Å². The van der Waals surface area contributed by atoms with Crippen LogP contribution in [-0.2, 0) is 26.2 Å². The highest BCUT2D eigenvalue weighted by Gasteiger charge is 2.34. The number of nitrogens with zero attached hydrogens (tertiary/aromatic N) is 2. The van der Waals surface area contributed by atoms with Crippen molar-refractivity contribution >= 4 is 39.1 Å². The highest BCUT2D eigenvalue weighted by molar-refractivity contribution is 7.92. The molecular formula is C30H36ClN3O6S. The molecular weight excluding hydrogens is 566 g/mol. The Balaban J connectivity index is 2.10. The van der Waals surface area contributed by atoms with Crippen molar-refractivity contribution in [2.24, 2.45) is 0 Å². The number of carbonyl (C=O) groups excluding carboxylic acids is 2. The number of rotatable bonds is 13. The average molecular weight is 602 g/mol. The van der Waals surface area contributed by atoms with E-state index in [4.69, 9.17) is 21.1 Å². The van der Waals surface area contributed by atoms with E-state index in [2.05, 4.69) is 5.32 Å². The van der Waals surface area contributed by atoms with Crippen LogP contribution < -0.4 is 19.1 Å². The Morgan fingerprint density at radius 3 is 2.12 bits per heavy atom. The average Bonchev–Trinajstić information content (AvgIpc) is 2.96. The zero-order valence-electron chi connectivity index (χ0n) is 23.8. The summed E-state index contributed by atoms with van der Waals surface area (Å²) in [6.45, 7) is 4.99. The molecule has 1 N–H and O–H groups in total. The van der Waals surface area contributed by atoms with Crippen LogP contribution in [0.2, 0.25) is 5.02 Å². The molecule has 0 aliphatic rings. The molecule has 0 saturated heterocycles. The molecule has 1 atom stereocenters. The standard InChI is InChI=1S/C30H36ClN3O6S/c1-6-26(30(36)32-21(2)3)33(19-22-12-14-23(31)15-13-22)29(35)20-34(41(37,38)25-10-8-7-9-11-25)24-16-17-27(39-4)28(18-24)40-5/h7-18,21,26H,6,19-20H2,1-5H3,(H,32,36). The lowest BCUT2D eigenvalue weighted by molar-refractivity contribution is -0.140. The van der Waals surface area contributed by atoms with Crippen molar-refractivity contribution in [3.05, 3.63) is 83.4 Å². The molecule has 0 bridgehead atoms. The van der Waals surface area contributed by atoms with Gasteiger partial charge in [-0.15, -0.1) is 0 Å². The van der Waals surface area contributed by atoms with E-state index < -0.39 is 28.5 Å². The summed E-state index contributed by atoms with van der Waals surface area (Å²) in [5, 5.41) is 3.41. The number of hydrogen-bond donors (Lipinski definition) is 1. The van der Waals surface area contributed by atoms with Crippen LogP contribution in [0.4, 0.5) is 5.69 Å². The summed E-state index contributed by atoms with van der Waals surface area (Å²) in [4.78, 5) is 28.7.